The van der Waals surface area contributed by atoms with Crippen molar-refractivity contribution in [3.8, 4) is 0 Å². The van der Waals surface area contributed by atoms with E-state index in [9.17, 15) is 8.42 Å². The van der Waals surface area contributed by atoms with E-state index in [1.54, 1.807) is 0 Å². The minimum absolute atomic E-state index is 0.362. The van der Waals surface area contributed by atoms with Gasteiger partial charge in [0.25, 0.3) is 10.2 Å². The lowest BCUT2D eigenvalue weighted by Gasteiger charge is -2.46. The van der Waals surface area contributed by atoms with Gasteiger partial charge in [-0.15, -0.1) is 0 Å². The van der Waals surface area contributed by atoms with Gasteiger partial charge in [0.2, 0.25) is 0 Å². The zero-order chi connectivity index (χ0) is 11.1. The second-order valence-electron chi connectivity index (χ2n) is 4.44. The van der Waals surface area contributed by atoms with Gasteiger partial charge in [-0.25, -0.2) is 0 Å². The molecule has 0 amide bonds. The van der Waals surface area contributed by atoms with Crippen LogP contribution in [0.25, 0.3) is 0 Å². The number of rotatable bonds is 2. The van der Waals surface area contributed by atoms with Crippen LogP contribution >= 0.6 is 0 Å². The van der Waals surface area contributed by atoms with Crippen LogP contribution in [-0.2, 0) is 14.9 Å². The molecule has 0 aliphatic carbocycles. The van der Waals surface area contributed by atoms with Crippen molar-refractivity contribution in [2.45, 2.75) is 12.5 Å². The van der Waals surface area contributed by atoms with Crippen molar-refractivity contribution in [2.75, 3.05) is 39.4 Å². The first-order chi connectivity index (χ1) is 6.92. The maximum absolute atomic E-state index is 12.0. The number of nitrogens with two attached hydrogens (primary N) is 1. The van der Waals surface area contributed by atoms with Crippen molar-refractivity contribution in [1.82, 2.24) is 8.61 Å². The lowest BCUT2D eigenvalue weighted by Crippen LogP contribution is -2.69. The Morgan fingerprint density at radius 1 is 1.20 bits per heavy atom. The molecule has 2 saturated heterocycles. The molecule has 2 fully saturated rings. The molecule has 0 saturated carbocycles. The van der Waals surface area contributed by atoms with Gasteiger partial charge in [0.05, 0.1) is 13.2 Å². The Balaban J connectivity index is 2.01. The molecule has 6 nitrogen and oxygen atoms in total. The second kappa shape index (κ2) is 3.67. The molecule has 88 valence electrons. The fourth-order valence-corrected chi connectivity index (χ4v) is 3.72. The Labute approximate surface area is 90.2 Å². The minimum Gasteiger partial charge on any atom is -0.379 e. The molecule has 7 heteroatoms. The normalized spacial score (nSPS) is 28.7. The summed E-state index contributed by atoms with van der Waals surface area (Å²) in [7, 11) is -3.29. The summed E-state index contributed by atoms with van der Waals surface area (Å²) < 4.78 is 32.0. The Kier molecular flexibility index (Phi) is 2.76. The molecule has 0 aromatic heterocycles. The van der Waals surface area contributed by atoms with Crippen molar-refractivity contribution in [3.63, 3.8) is 0 Å². The third kappa shape index (κ3) is 2.16. The van der Waals surface area contributed by atoms with E-state index >= 15 is 0 Å². The molecule has 15 heavy (non-hydrogen) atoms. The molecule has 2 rings (SSSR count). The van der Waals surface area contributed by atoms with E-state index < -0.39 is 10.2 Å². The van der Waals surface area contributed by atoms with Gasteiger partial charge in [0.1, 0.15) is 0 Å². The number of nitrogens with zero attached hydrogens (tertiary/aromatic N) is 2. The smallest absolute Gasteiger partial charge is 0.282 e. The summed E-state index contributed by atoms with van der Waals surface area (Å²) in [6.07, 6.45) is 0. The molecule has 0 aromatic carbocycles. The Morgan fingerprint density at radius 3 is 2.20 bits per heavy atom. The molecule has 0 aromatic rings. The first kappa shape index (κ1) is 11.3. The van der Waals surface area contributed by atoms with E-state index in [1.807, 2.05) is 6.92 Å². The van der Waals surface area contributed by atoms with Crippen LogP contribution in [-0.4, -0.2) is 62.0 Å². The summed E-state index contributed by atoms with van der Waals surface area (Å²) in [6, 6.07) is 0. The fraction of sp³-hybridized carbons (Fsp3) is 1.00. The van der Waals surface area contributed by atoms with Crippen molar-refractivity contribution >= 4 is 10.2 Å². The van der Waals surface area contributed by atoms with Crippen LogP contribution in [0.15, 0.2) is 0 Å². The molecular weight excluding hydrogens is 218 g/mol. The standard InChI is InChI=1S/C8H17N3O3S/c1-8(9)6-11(7-8)15(12,13)10-2-4-14-5-3-10/h2-7,9H2,1H3. The lowest BCUT2D eigenvalue weighted by molar-refractivity contribution is 0.0654. The first-order valence-corrected chi connectivity index (χ1v) is 6.43. The summed E-state index contributed by atoms with van der Waals surface area (Å²) in [6.45, 7) is 4.53. The van der Waals surface area contributed by atoms with Crippen molar-refractivity contribution < 1.29 is 13.2 Å². The summed E-state index contributed by atoms with van der Waals surface area (Å²) in [5.74, 6) is 0. The summed E-state index contributed by atoms with van der Waals surface area (Å²) in [5.41, 5.74) is 5.43. The first-order valence-electron chi connectivity index (χ1n) is 5.04. The van der Waals surface area contributed by atoms with Crippen LogP contribution in [0.4, 0.5) is 0 Å². The van der Waals surface area contributed by atoms with Gasteiger partial charge < -0.3 is 10.5 Å². The van der Waals surface area contributed by atoms with Gasteiger partial charge in [-0.3, -0.25) is 0 Å². The Bertz CT molecular complexity index is 327. The van der Waals surface area contributed by atoms with E-state index in [2.05, 4.69) is 0 Å². The predicted molar refractivity (Wildman–Crippen MR) is 55.5 cm³/mol. The minimum atomic E-state index is -3.29. The fourth-order valence-electron chi connectivity index (χ4n) is 1.86. The molecule has 2 aliphatic rings. The highest BCUT2D eigenvalue weighted by atomic mass is 32.2. The van der Waals surface area contributed by atoms with E-state index in [0.717, 1.165) is 0 Å². The average Bonchev–Trinajstić information content (AvgIpc) is 2.15. The summed E-state index contributed by atoms with van der Waals surface area (Å²) >= 11 is 0. The van der Waals surface area contributed by atoms with Crippen LogP contribution in [0.3, 0.4) is 0 Å². The monoisotopic (exact) mass is 235 g/mol. The molecule has 0 spiro atoms. The highest BCUT2D eigenvalue weighted by molar-refractivity contribution is 7.86. The number of hydrogen-bond acceptors (Lipinski definition) is 4. The van der Waals surface area contributed by atoms with Crippen LogP contribution in [0.5, 0.6) is 0 Å². The van der Waals surface area contributed by atoms with Gasteiger partial charge in [-0.1, -0.05) is 0 Å². The van der Waals surface area contributed by atoms with Gasteiger partial charge in [-0.2, -0.15) is 17.0 Å². The SMILES string of the molecule is CC1(N)CN(S(=O)(=O)N2CCOCC2)C1. The Hall–Kier alpha value is -0.210. The molecule has 2 heterocycles. The molecule has 2 N–H and O–H groups in total. The van der Waals surface area contributed by atoms with Crippen LogP contribution in [0.2, 0.25) is 0 Å². The molecule has 2 aliphatic heterocycles. The van der Waals surface area contributed by atoms with Gasteiger partial charge in [0.15, 0.2) is 0 Å². The van der Waals surface area contributed by atoms with Crippen molar-refractivity contribution in [1.29, 1.82) is 0 Å². The molecule has 0 atom stereocenters. The Morgan fingerprint density at radius 2 is 1.73 bits per heavy atom. The largest absolute Gasteiger partial charge is 0.379 e. The lowest BCUT2D eigenvalue weighted by atomic mass is 9.97. The van der Waals surface area contributed by atoms with Crippen LogP contribution in [0, 0.1) is 0 Å². The summed E-state index contributed by atoms with van der Waals surface area (Å²) in [4.78, 5) is 0. The van der Waals surface area contributed by atoms with Crippen molar-refractivity contribution in [3.05, 3.63) is 0 Å². The number of hydrogen-bond donors (Lipinski definition) is 1. The third-order valence-electron chi connectivity index (χ3n) is 2.70. The summed E-state index contributed by atoms with van der Waals surface area (Å²) in [5, 5.41) is 0. The maximum Gasteiger partial charge on any atom is 0.282 e. The van der Waals surface area contributed by atoms with E-state index in [1.165, 1.54) is 8.61 Å². The van der Waals surface area contributed by atoms with Crippen molar-refractivity contribution in [2.24, 2.45) is 5.73 Å². The van der Waals surface area contributed by atoms with E-state index in [-0.39, 0.29) is 5.54 Å². The topological polar surface area (TPSA) is 75.9 Å². The van der Waals surface area contributed by atoms with Crippen LogP contribution < -0.4 is 5.73 Å². The van der Waals surface area contributed by atoms with Gasteiger partial charge >= 0.3 is 0 Å². The van der Waals surface area contributed by atoms with Crippen LogP contribution in [0.1, 0.15) is 6.92 Å². The highest BCUT2D eigenvalue weighted by Gasteiger charge is 2.44. The second-order valence-corrected chi connectivity index (χ2v) is 6.37. The average molecular weight is 235 g/mol. The highest BCUT2D eigenvalue weighted by Crippen LogP contribution is 2.23. The molecule has 0 bridgehead atoms. The van der Waals surface area contributed by atoms with E-state index in [0.29, 0.717) is 39.4 Å². The predicted octanol–water partition coefficient (Wildman–Crippen LogP) is -1.40. The third-order valence-corrected chi connectivity index (χ3v) is 4.63. The quantitative estimate of drug-likeness (QED) is 0.638. The zero-order valence-corrected chi connectivity index (χ0v) is 9.66. The molecular formula is C8H17N3O3S. The number of ether oxygens (including phenoxy) is 1. The number of morpholine rings is 1. The van der Waals surface area contributed by atoms with Gasteiger partial charge in [0, 0.05) is 31.7 Å². The molecule has 0 unspecified atom stereocenters. The maximum atomic E-state index is 12.0. The van der Waals surface area contributed by atoms with E-state index in [4.69, 9.17) is 10.5 Å². The molecule has 0 radical (unpaired) electrons. The zero-order valence-electron chi connectivity index (χ0n) is 8.85. The van der Waals surface area contributed by atoms with Gasteiger partial charge in [-0.05, 0) is 6.92 Å².